The zero-order valence-corrected chi connectivity index (χ0v) is 15.3. The highest BCUT2D eigenvalue weighted by molar-refractivity contribution is 5.51. The van der Waals surface area contributed by atoms with Crippen molar-refractivity contribution in [3.05, 3.63) is 71.9 Å². The molecule has 3 aromatic rings. The van der Waals surface area contributed by atoms with Crippen LogP contribution in [0.15, 0.2) is 59.5 Å². The third kappa shape index (κ3) is 4.23. The van der Waals surface area contributed by atoms with Gasteiger partial charge in [-0.05, 0) is 36.8 Å². The highest BCUT2D eigenvalue weighted by Crippen LogP contribution is 2.39. The molecule has 1 aliphatic rings. The molecule has 2 aromatic heterocycles. The van der Waals surface area contributed by atoms with E-state index in [9.17, 15) is 0 Å². The van der Waals surface area contributed by atoms with Crippen LogP contribution in [0.4, 0.5) is 0 Å². The van der Waals surface area contributed by atoms with E-state index in [-0.39, 0.29) is 6.79 Å². The number of ether oxygens (including phenoxy) is 3. The van der Waals surface area contributed by atoms with Crippen molar-refractivity contribution >= 4 is 0 Å². The Morgan fingerprint density at radius 1 is 1.07 bits per heavy atom. The summed E-state index contributed by atoms with van der Waals surface area (Å²) < 4.78 is 22.4. The van der Waals surface area contributed by atoms with Gasteiger partial charge in [0.15, 0.2) is 11.5 Å². The van der Waals surface area contributed by atoms with Crippen molar-refractivity contribution in [3.63, 3.8) is 0 Å². The van der Waals surface area contributed by atoms with Crippen LogP contribution in [0.5, 0.6) is 17.2 Å². The average molecular weight is 366 g/mol. The topological polar surface area (TPSA) is 57.0 Å². The molecular weight excluding hydrogens is 344 g/mol. The van der Waals surface area contributed by atoms with Crippen molar-refractivity contribution in [2.75, 3.05) is 13.4 Å². The van der Waals surface area contributed by atoms with Crippen LogP contribution in [-0.2, 0) is 19.6 Å². The lowest BCUT2D eigenvalue weighted by Crippen LogP contribution is -2.22. The van der Waals surface area contributed by atoms with Gasteiger partial charge in [-0.1, -0.05) is 6.07 Å². The highest BCUT2D eigenvalue weighted by Gasteiger charge is 2.20. The molecule has 3 heterocycles. The minimum atomic E-state index is 0.246. The van der Waals surface area contributed by atoms with Gasteiger partial charge in [0.2, 0.25) is 6.79 Å². The maximum absolute atomic E-state index is 5.85. The first-order valence-electron chi connectivity index (χ1n) is 9.01. The van der Waals surface area contributed by atoms with E-state index in [2.05, 4.69) is 16.0 Å². The molecule has 4 rings (SSSR count). The van der Waals surface area contributed by atoms with Crippen LogP contribution in [-0.4, -0.2) is 23.3 Å². The number of hydrogen-bond acceptors (Lipinski definition) is 6. The van der Waals surface area contributed by atoms with Crippen LogP contribution in [0, 0.1) is 0 Å². The SMILES string of the molecule is CCOc1cc2c(cc1CN(Cc1cccnc1)Cc1ccco1)OCO2. The molecule has 140 valence electrons. The number of benzene rings is 1. The summed E-state index contributed by atoms with van der Waals surface area (Å²) in [6, 6.07) is 11.8. The fourth-order valence-electron chi connectivity index (χ4n) is 3.16. The summed E-state index contributed by atoms with van der Waals surface area (Å²) >= 11 is 0. The smallest absolute Gasteiger partial charge is 0.231 e. The van der Waals surface area contributed by atoms with Gasteiger partial charge in [0.1, 0.15) is 11.5 Å². The van der Waals surface area contributed by atoms with Gasteiger partial charge in [-0.25, -0.2) is 0 Å². The first-order chi connectivity index (χ1) is 13.3. The Morgan fingerprint density at radius 3 is 2.70 bits per heavy atom. The largest absolute Gasteiger partial charge is 0.493 e. The predicted molar refractivity (Wildman–Crippen MR) is 99.6 cm³/mol. The van der Waals surface area contributed by atoms with Gasteiger partial charge in [0, 0.05) is 37.1 Å². The second-order valence-corrected chi connectivity index (χ2v) is 6.33. The van der Waals surface area contributed by atoms with Crippen LogP contribution in [0.2, 0.25) is 0 Å². The van der Waals surface area contributed by atoms with Gasteiger partial charge in [0.25, 0.3) is 0 Å². The molecular formula is C21H22N2O4. The molecule has 1 aliphatic heterocycles. The number of furan rings is 1. The van der Waals surface area contributed by atoms with Gasteiger partial charge in [-0.3, -0.25) is 9.88 Å². The van der Waals surface area contributed by atoms with E-state index >= 15 is 0 Å². The Bertz CT molecular complexity index is 865. The molecule has 0 atom stereocenters. The van der Waals surface area contributed by atoms with Crippen LogP contribution in [0.3, 0.4) is 0 Å². The van der Waals surface area contributed by atoms with E-state index in [0.29, 0.717) is 19.7 Å². The molecule has 0 bridgehead atoms. The van der Waals surface area contributed by atoms with E-state index in [1.807, 2.05) is 43.5 Å². The Balaban J connectivity index is 1.60. The maximum atomic E-state index is 5.85. The van der Waals surface area contributed by atoms with Gasteiger partial charge in [0.05, 0.1) is 19.4 Å². The van der Waals surface area contributed by atoms with Crippen molar-refractivity contribution in [1.29, 1.82) is 0 Å². The number of pyridine rings is 1. The van der Waals surface area contributed by atoms with Crippen LogP contribution in [0.1, 0.15) is 23.8 Å². The number of nitrogens with zero attached hydrogens (tertiary/aromatic N) is 2. The lowest BCUT2D eigenvalue weighted by molar-refractivity contribution is 0.173. The van der Waals surface area contributed by atoms with Crippen LogP contribution >= 0.6 is 0 Å². The molecule has 0 amide bonds. The summed E-state index contributed by atoms with van der Waals surface area (Å²) in [6.07, 6.45) is 5.37. The maximum Gasteiger partial charge on any atom is 0.231 e. The average Bonchev–Trinajstić information content (AvgIpc) is 3.34. The fraction of sp³-hybridized carbons (Fsp3) is 0.286. The molecule has 0 aliphatic carbocycles. The van der Waals surface area contributed by atoms with Crippen LogP contribution < -0.4 is 14.2 Å². The highest BCUT2D eigenvalue weighted by atomic mass is 16.7. The van der Waals surface area contributed by atoms with Gasteiger partial charge in [-0.2, -0.15) is 0 Å². The lowest BCUT2D eigenvalue weighted by Gasteiger charge is -2.23. The molecule has 27 heavy (non-hydrogen) atoms. The standard InChI is InChI=1S/C21H22N2O4/c1-2-24-19-10-21-20(26-15-27-21)9-17(19)13-23(14-18-6-4-8-25-18)12-16-5-3-7-22-11-16/h3-11H,2,12-15H2,1H3. The normalized spacial score (nSPS) is 12.5. The summed E-state index contributed by atoms with van der Waals surface area (Å²) in [4.78, 5) is 6.51. The summed E-state index contributed by atoms with van der Waals surface area (Å²) in [5.74, 6) is 3.22. The van der Waals surface area contributed by atoms with Crippen molar-refractivity contribution in [3.8, 4) is 17.2 Å². The monoisotopic (exact) mass is 366 g/mol. The summed E-state index contributed by atoms with van der Waals surface area (Å²) in [6.45, 7) is 4.92. The number of fused-ring (bicyclic) bond motifs is 1. The Labute approximate surface area is 158 Å². The van der Waals surface area contributed by atoms with Crippen LogP contribution in [0.25, 0.3) is 0 Å². The Morgan fingerprint density at radius 2 is 1.96 bits per heavy atom. The van der Waals surface area contributed by atoms with Crippen molar-refractivity contribution < 1.29 is 18.6 Å². The summed E-state index contributed by atoms with van der Waals surface area (Å²) in [5.41, 5.74) is 2.19. The lowest BCUT2D eigenvalue weighted by atomic mass is 10.1. The molecule has 0 saturated heterocycles. The first-order valence-corrected chi connectivity index (χ1v) is 9.01. The molecule has 0 saturated carbocycles. The molecule has 1 aromatic carbocycles. The zero-order valence-electron chi connectivity index (χ0n) is 15.3. The Kier molecular flexibility index (Phi) is 5.25. The second-order valence-electron chi connectivity index (χ2n) is 6.33. The van der Waals surface area contributed by atoms with E-state index < -0.39 is 0 Å². The van der Waals surface area contributed by atoms with E-state index in [1.165, 1.54) is 0 Å². The number of rotatable bonds is 8. The van der Waals surface area contributed by atoms with Gasteiger partial charge >= 0.3 is 0 Å². The minimum Gasteiger partial charge on any atom is -0.493 e. The predicted octanol–water partition coefficient (Wildman–Crippen LogP) is 4.00. The summed E-state index contributed by atoms with van der Waals surface area (Å²) in [7, 11) is 0. The van der Waals surface area contributed by atoms with E-state index in [1.54, 1.807) is 12.5 Å². The minimum absolute atomic E-state index is 0.246. The molecule has 6 heteroatoms. The van der Waals surface area contributed by atoms with Crippen molar-refractivity contribution in [2.24, 2.45) is 0 Å². The third-order valence-corrected chi connectivity index (χ3v) is 4.34. The molecule has 0 fully saturated rings. The Hall–Kier alpha value is -2.99. The number of hydrogen-bond donors (Lipinski definition) is 0. The molecule has 6 nitrogen and oxygen atoms in total. The van der Waals surface area contributed by atoms with Crippen molar-refractivity contribution in [2.45, 2.75) is 26.6 Å². The second kappa shape index (κ2) is 8.14. The van der Waals surface area contributed by atoms with Gasteiger partial charge < -0.3 is 18.6 Å². The van der Waals surface area contributed by atoms with Gasteiger partial charge in [-0.15, -0.1) is 0 Å². The number of aromatic nitrogens is 1. The molecule has 0 N–H and O–H groups in total. The molecule has 0 unspecified atom stereocenters. The fourth-order valence-corrected chi connectivity index (χ4v) is 3.16. The third-order valence-electron chi connectivity index (χ3n) is 4.34. The quantitative estimate of drug-likeness (QED) is 0.600. The summed E-state index contributed by atoms with van der Waals surface area (Å²) in [5, 5.41) is 0. The molecule has 0 spiro atoms. The van der Waals surface area contributed by atoms with E-state index in [4.69, 9.17) is 18.6 Å². The molecule has 0 radical (unpaired) electrons. The van der Waals surface area contributed by atoms with E-state index in [0.717, 1.165) is 40.7 Å². The zero-order chi connectivity index (χ0) is 18.5. The van der Waals surface area contributed by atoms with Crippen molar-refractivity contribution in [1.82, 2.24) is 9.88 Å². The first kappa shape index (κ1) is 17.4.